The fraction of sp³-hybridized carbons (Fsp3) is 0.857. The highest BCUT2D eigenvalue weighted by atomic mass is 16.5. The molecule has 1 fully saturated rings. The molecular weight excluding hydrogens is 260 g/mol. The van der Waals surface area contributed by atoms with Crippen LogP contribution in [0.3, 0.4) is 0 Å². The van der Waals surface area contributed by atoms with Gasteiger partial charge in [0.2, 0.25) is 0 Å². The SMILES string of the molecule is COCCN(CC(=O)O)C(=O)N(C)C1CCCCCC1. The molecule has 20 heavy (non-hydrogen) atoms. The van der Waals surface area contributed by atoms with Crippen LogP contribution in [-0.2, 0) is 9.53 Å². The number of hydrogen-bond donors (Lipinski definition) is 1. The molecule has 6 nitrogen and oxygen atoms in total. The van der Waals surface area contributed by atoms with Crippen LogP contribution in [0.2, 0.25) is 0 Å². The van der Waals surface area contributed by atoms with Crippen molar-refractivity contribution in [3.05, 3.63) is 0 Å². The van der Waals surface area contributed by atoms with E-state index in [1.54, 1.807) is 19.1 Å². The molecule has 1 rings (SSSR count). The van der Waals surface area contributed by atoms with Gasteiger partial charge in [0.25, 0.3) is 0 Å². The summed E-state index contributed by atoms with van der Waals surface area (Å²) in [6.07, 6.45) is 6.74. The standard InChI is InChI=1S/C14H26N2O4/c1-15(12-7-5-3-4-6-8-12)14(19)16(9-10-20-2)11-13(17)18/h12H,3-11H2,1-2H3,(H,17,18). The van der Waals surface area contributed by atoms with Crippen LogP contribution in [0.25, 0.3) is 0 Å². The van der Waals surface area contributed by atoms with E-state index in [1.807, 2.05) is 0 Å². The highest BCUT2D eigenvalue weighted by Crippen LogP contribution is 2.21. The Morgan fingerprint density at radius 3 is 2.30 bits per heavy atom. The number of rotatable bonds is 6. The maximum atomic E-state index is 12.4. The fourth-order valence-corrected chi connectivity index (χ4v) is 2.63. The number of carbonyl (C=O) groups is 2. The Labute approximate surface area is 120 Å². The molecule has 0 saturated heterocycles. The lowest BCUT2D eigenvalue weighted by Gasteiger charge is -2.32. The molecule has 1 aliphatic carbocycles. The van der Waals surface area contributed by atoms with E-state index in [1.165, 1.54) is 17.7 Å². The number of methoxy groups -OCH3 is 1. The van der Waals surface area contributed by atoms with Gasteiger partial charge in [-0.25, -0.2) is 4.79 Å². The summed E-state index contributed by atoms with van der Waals surface area (Å²) in [5, 5.41) is 8.92. The molecule has 116 valence electrons. The molecule has 0 atom stereocenters. The molecule has 0 radical (unpaired) electrons. The first-order valence-electron chi connectivity index (χ1n) is 7.28. The van der Waals surface area contributed by atoms with E-state index in [0.717, 1.165) is 25.7 Å². The molecule has 2 amide bonds. The van der Waals surface area contributed by atoms with Gasteiger partial charge in [-0.2, -0.15) is 0 Å². The van der Waals surface area contributed by atoms with Crippen molar-refractivity contribution in [3.63, 3.8) is 0 Å². The third-order valence-corrected chi connectivity index (χ3v) is 3.84. The molecule has 6 heteroatoms. The average molecular weight is 286 g/mol. The number of carboxylic acid groups (broad SMARTS) is 1. The maximum Gasteiger partial charge on any atom is 0.323 e. The van der Waals surface area contributed by atoms with Crippen LogP contribution < -0.4 is 0 Å². The van der Waals surface area contributed by atoms with Crippen molar-refractivity contribution in [2.45, 2.75) is 44.6 Å². The number of carboxylic acids is 1. The second-order valence-corrected chi connectivity index (χ2v) is 5.35. The summed E-state index contributed by atoms with van der Waals surface area (Å²) >= 11 is 0. The molecular formula is C14H26N2O4. The van der Waals surface area contributed by atoms with Crippen molar-refractivity contribution in [1.82, 2.24) is 9.80 Å². The topological polar surface area (TPSA) is 70.1 Å². The van der Waals surface area contributed by atoms with Gasteiger partial charge in [0.1, 0.15) is 6.54 Å². The predicted molar refractivity (Wildman–Crippen MR) is 75.7 cm³/mol. The van der Waals surface area contributed by atoms with Gasteiger partial charge in [-0.1, -0.05) is 25.7 Å². The number of hydrogen-bond acceptors (Lipinski definition) is 3. The second kappa shape index (κ2) is 8.79. The van der Waals surface area contributed by atoms with Crippen LogP contribution >= 0.6 is 0 Å². The quantitative estimate of drug-likeness (QED) is 0.756. The van der Waals surface area contributed by atoms with Crippen molar-refractivity contribution in [3.8, 4) is 0 Å². The number of carbonyl (C=O) groups excluding carboxylic acids is 1. The summed E-state index contributed by atoms with van der Waals surface area (Å²) < 4.78 is 4.94. The lowest BCUT2D eigenvalue weighted by Crippen LogP contribution is -2.48. The minimum Gasteiger partial charge on any atom is -0.480 e. The summed E-state index contributed by atoms with van der Waals surface area (Å²) in [5.74, 6) is -0.997. The molecule has 1 saturated carbocycles. The highest BCUT2D eigenvalue weighted by Gasteiger charge is 2.26. The summed E-state index contributed by atoms with van der Waals surface area (Å²) in [4.78, 5) is 26.4. The van der Waals surface area contributed by atoms with Gasteiger partial charge in [0.05, 0.1) is 6.61 Å². The number of amides is 2. The van der Waals surface area contributed by atoms with Crippen LogP contribution in [0.5, 0.6) is 0 Å². The molecule has 1 N–H and O–H groups in total. The first kappa shape index (κ1) is 16.8. The maximum absolute atomic E-state index is 12.4. The monoisotopic (exact) mass is 286 g/mol. The Bertz CT molecular complexity index is 314. The predicted octanol–water partition coefficient (Wildman–Crippen LogP) is 1.79. The minimum atomic E-state index is -0.997. The number of urea groups is 1. The molecule has 0 unspecified atom stereocenters. The highest BCUT2D eigenvalue weighted by molar-refractivity contribution is 5.80. The van der Waals surface area contributed by atoms with Crippen molar-refractivity contribution < 1.29 is 19.4 Å². The van der Waals surface area contributed by atoms with Gasteiger partial charge in [0.15, 0.2) is 0 Å². The third-order valence-electron chi connectivity index (χ3n) is 3.84. The van der Waals surface area contributed by atoms with Crippen molar-refractivity contribution >= 4 is 12.0 Å². The molecule has 0 spiro atoms. The molecule has 0 aromatic carbocycles. The molecule has 0 aromatic heterocycles. The summed E-state index contributed by atoms with van der Waals surface area (Å²) in [5.41, 5.74) is 0. The van der Waals surface area contributed by atoms with Crippen molar-refractivity contribution in [1.29, 1.82) is 0 Å². The van der Waals surface area contributed by atoms with Gasteiger partial charge in [0, 0.05) is 26.7 Å². The Kier molecular flexibility index (Phi) is 7.36. The summed E-state index contributed by atoms with van der Waals surface area (Å²) in [7, 11) is 3.32. The van der Waals surface area contributed by atoms with E-state index in [2.05, 4.69) is 0 Å². The lowest BCUT2D eigenvalue weighted by molar-refractivity contribution is -0.137. The van der Waals surface area contributed by atoms with Gasteiger partial charge < -0.3 is 19.6 Å². The Morgan fingerprint density at radius 2 is 1.80 bits per heavy atom. The lowest BCUT2D eigenvalue weighted by atomic mass is 10.1. The number of ether oxygens (including phenoxy) is 1. The summed E-state index contributed by atoms with van der Waals surface area (Å²) in [6.45, 7) is 0.371. The second-order valence-electron chi connectivity index (χ2n) is 5.35. The Balaban J connectivity index is 2.62. The first-order chi connectivity index (χ1) is 9.56. The first-order valence-corrected chi connectivity index (χ1v) is 7.28. The fourth-order valence-electron chi connectivity index (χ4n) is 2.63. The molecule has 0 aliphatic heterocycles. The Morgan fingerprint density at radius 1 is 1.20 bits per heavy atom. The normalized spacial score (nSPS) is 16.5. The number of nitrogens with zero attached hydrogens (tertiary/aromatic N) is 2. The third kappa shape index (κ3) is 5.36. The summed E-state index contributed by atoms with van der Waals surface area (Å²) in [6, 6.07) is 0.0141. The van der Waals surface area contributed by atoms with Crippen molar-refractivity contribution in [2.24, 2.45) is 0 Å². The molecule has 0 aromatic rings. The molecule has 1 aliphatic rings. The number of aliphatic carboxylic acids is 1. The van der Waals surface area contributed by atoms with Crippen LogP contribution in [0.15, 0.2) is 0 Å². The van der Waals surface area contributed by atoms with E-state index in [0.29, 0.717) is 13.2 Å². The van der Waals surface area contributed by atoms with Gasteiger partial charge in [-0.3, -0.25) is 4.79 Å². The van der Waals surface area contributed by atoms with Crippen molar-refractivity contribution in [2.75, 3.05) is 33.9 Å². The van der Waals surface area contributed by atoms with E-state index in [-0.39, 0.29) is 18.6 Å². The van der Waals surface area contributed by atoms with E-state index in [9.17, 15) is 9.59 Å². The van der Waals surface area contributed by atoms with Gasteiger partial charge >= 0.3 is 12.0 Å². The largest absolute Gasteiger partial charge is 0.480 e. The van der Waals surface area contributed by atoms with E-state index >= 15 is 0 Å². The van der Waals surface area contributed by atoms with Crippen LogP contribution in [0, 0.1) is 0 Å². The molecule has 0 bridgehead atoms. The van der Waals surface area contributed by atoms with Crippen LogP contribution in [0.1, 0.15) is 38.5 Å². The van der Waals surface area contributed by atoms with E-state index < -0.39 is 5.97 Å². The zero-order valence-electron chi connectivity index (χ0n) is 12.5. The zero-order chi connectivity index (χ0) is 15.0. The van der Waals surface area contributed by atoms with Gasteiger partial charge in [-0.15, -0.1) is 0 Å². The minimum absolute atomic E-state index is 0.212. The van der Waals surface area contributed by atoms with Gasteiger partial charge in [-0.05, 0) is 12.8 Å². The molecule has 0 heterocycles. The van der Waals surface area contributed by atoms with Crippen LogP contribution in [-0.4, -0.2) is 66.8 Å². The Hall–Kier alpha value is -1.30. The average Bonchev–Trinajstić information content (AvgIpc) is 2.70. The van der Waals surface area contributed by atoms with Crippen LogP contribution in [0.4, 0.5) is 4.79 Å². The van der Waals surface area contributed by atoms with E-state index in [4.69, 9.17) is 9.84 Å². The smallest absolute Gasteiger partial charge is 0.323 e. The zero-order valence-corrected chi connectivity index (χ0v) is 12.5.